The maximum atomic E-state index is 13.6. The van der Waals surface area contributed by atoms with E-state index in [1.54, 1.807) is 12.1 Å². The van der Waals surface area contributed by atoms with E-state index in [0.29, 0.717) is 24.7 Å². The lowest BCUT2D eigenvalue weighted by Crippen LogP contribution is -2.27. The number of hydrogen-bond acceptors (Lipinski definition) is 5. The molecule has 0 saturated carbocycles. The minimum atomic E-state index is -3.52. The van der Waals surface area contributed by atoms with Gasteiger partial charge in [0.2, 0.25) is 10.0 Å². The summed E-state index contributed by atoms with van der Waals surface area (Å²) < 4.78 is 41.6. The molecule has 1 fully saturated rings. The van der Waals surface area contributed by atoms with Gasteiger partial charge >= 0.3 is 0 Å². The molecule has 114 valence electrons. The first-order valence-corrected chi connectivity index (χ1v) is 8.35. The van der Waals surface area contributed by atoms with Gasteiger partial charge in [-0.05, 0) is 24.0 Å². The molecule has 21 heavy (non-hydrogen) atoms. The summed E-state index contributed by atoms with van der Waals surface area (Å²) in [6, 6.07) is 4.85. The van der Waals surface area contributed by atoms with Gasteiger partial charge < -0.3 is 9.32 Å². The molecule has 0 bridgehead atoms. The Kier molecular flexibility index (Phi) is 3.37. The van der Waals surface area contributed by atoms with Crippen LogP contribution in [-0.4, -0.2) is 32.2 Å². The summed E-state index contributed by atoms with van der Waals surface area (Å²) >= 11 is 0. The van der Waals surface area contributed by atoms with Crippen molar-refractivity contribution in [2.24, 2.45) is 17.0 Å². The van der Waals surface area contributed by atoms with E-state index in [-0.39, 0.29) is 23.1 Å². The van der Waals surface area contributed by atoms with E-state index in [0.717, 1.165) is 0 Å². The zero-order valence-electron chi connectivity index (χ0n) is 11.5. The lowest BCUT2D eigenvalue weighted by Gasteiger charge is -2.12. The van der Waals surface area contributed by atoms with E-state index in [1.807, 2.05) is 11.8 Å². The van der Waals surface area contributed by atoms with Crippen LogP contribution in [0.2, 0.25) is 0 Å². The van der Waals surface area contributed by atoms with Crippen molar-refractivity contribution in [3.63, 3.8) is 0 Å². The lowest BCUT2D eigenvalue weighted by molar-refractivity contribution is 0.486. The number of nitrogens with two attached hydrogens (primary N) is 1. The Morgan fingerprint density at radius 2 is 2.24 bits per heavy atom. The smallest absolute Gasteiger partial charge is 0.298 e. The predicted molar refractivity (Wildman–Crippen MR) is 76.8 cm³/mol. The normalized spacial score (nSPS) is 23.1. The molecule has 1 aliphatic heterocycles. The molecule has 8 heteroatoms. The highest BCUT2D eigenvalue weighted by atomic mass is 32.2. The Balaban J connectivity index is 1.85. The fourth-order valence-electron chi connectivity index (χ4n) is 2.74. The number of para-hydroxylation sites is 1. The van der Waals surface area contributed by atoms with Crippen LogP contribution in [0, 0.1) is 17.7 Å². The zero-order valence-corrected chi connectivity index (χ0v) is 12.3. The number of rotatable bonds is 3. The molecule has 1 aliphatic rings. The van der Waals surface area contributed by atoms with E-state index < -0.39 is 15.8 Å². The number of fused-ring (bicyclic) bond motifs is 1. The summed E-state index contributed by atoms with van der Waals surface area (Å²) in [6.07, 6.45) is 0. The molecular formula is C13H16FN3O3S. The van der Waals surface area contributed by atoms with Gasteiger partial charge in [0.15, 0.2) is 11.4 Å². The summed E-state index contributed by atoms with van der Waals surface area (Å²) in [4.78, 5) is 6.00. The molecule has 6 nitrogen and oxygen atoms in total. The fourth-order valence-corrected chi connectivity index (χ4v) is 3.78. The van der Waals surface area contributed by atoms with Crippen LogP contribution in [0.5, 0.6) is 0 Å². The predicted octanol–water partition coefficient (Wildman–Crippen LogP) is 1.33. The van der Waals surface area contributed by atoms with Crippen molar-refractivity contribution in [3.8, 4) is 0 Å². The number of aromatic nitrogens is 1. The quantitative estimate of drug-likeness (QED) is 0.923. The largest absolute Gasteiger partial charge is 0.423 e. The molecule has 2 N–H and O–H groups in total. The van der Waals surface area contributed by atoms with E-state index in [2.05, 4.69) is 4.98 Å². The van der Waals surface area contributed by atoms with E-state index in [9.17, 15) is 12.8 Å². The Morgan fingerprint density at radius 3 is 2.90 bits per heavy atom. The minimum Gasteiger partial charge on any atom is -0.423 e. The molecule has 0 aliphatic carbocycles. The third-order valence-corrected chi connectivity index (χ3v) is 4.74. The van der Waals surface area contributed by atoms with Crippen LogP contribution in [0.4, 0.5) is 10.4 Å². The zero-order chi connectivity index (χ0) is 15.2. The highest BCUT2D eigenvalue weighted by molar-refractivity contribution is 7.89. The number of nitrogens with zero attached hydrogens (tertiary/aromatic N) is 2. The molecule has 1 aromatic heterocycles. The Hall–Kier alpha value is -1.67. The summed E-state index contributed by atoms with van der Waals surface area (Å²) in [7, 11) is -3.52. The van der Waals surface area contributed by atoms with Crippen molar-refractivity contribution in [3.05, 3.63) is 24.0 Å². The van der Waals surface area contributed by atoms with Crippen molar-refractivity contribution in [1.29, 1.82) is 0 Å². The molecule has 1 aromatic carbocycles. The van der Waals surface area contributed by atoms with Crippen LogP contribution in [0.3, 0.4) is 0 Å². The summed E-state index contributed by atoms with van der Waals surface area (Å²) in [5.74, 6) is -0.446. The van der Waals surface area contributed by atoms with Gasteiger partial charge in [-0.25, -0.2) is 17.9 Å². The van der Waals surface area contributed by atoms with Gasteiger partial charge in [-0.1, -0.05) is 13.0 Å². The molecule has 0 amide bonds. The summed E-state index contributed by atoms with van der Waals surface area (Å²) in [5.41, 5.74) is 0.572. The average Bonchev–Trinajstić information content (AvgIpc) is 2.93. The second-order valence-electron chi connectivity index (χ2n) is 5.55. The molecule has 2 aromatic rings. The number of sulfonamides is 1. The van der Waals surface area contributed by atoms with Gasteiger partial charge in [-0.3, -0.25) is 0 Å². The third-order valence-electron chi connectivity index (χ3n) is 3.84. The first kappa shape index (κ1) is 14.3. The van der Waals surface area contributed by atoms with E-state index in [4.69, 9.17) is 9.56 Å². The van der Waals surface area contributed by atoms with Crippen LogP contribution in [-0.2, 0) is 10.0 Å². The van der Waals surface area contributed by atoms with Gasteiger partial charge in [-0.2, -0.15) is 4.98 Å². The maximum absolute atomic E-state index is 13.6. The monoisotopic (exact) mass is 313 g/mol. The summed E-state index contributed by atoms with van der Waals surface area (Å²) in [5, 5.41) is 5.11. The van der Waals surface area contributed by atoms with Crippen molar-refractivity contribution >= 4 is 27.1 Å². The number of halogens is 1. The van der Waals surface area contributed by atoms with Gasteiger partial charge in [0, 0.05) is 13.1 Å². The molecule has 0 unspecified atom stereocenters. The van der Waals surface area contributed by atoms with Crippen LogP contribution >= 0.6 is 0 Å². The van der Waals surface area contributed by atoms with Gasteiger partial charge in [0.25, 0.3) is 6.01 Å². The summed E-state index contributed by atoms with van der Waals surface area (Å²) in [6.45, 7) is 3.04. The van der Waals surface area contributed by atoms with Gasteiger partial charge in [0.05, 0.1) is 5.75 Å². The van der Waals surface area contributed by atoms with Crippen LogP contribution < -0.4 is 10.0 Å². The second-order valence-corrected chi connectivity index (χ2v) is 7.21. The first-order valence-electron chi connectivity index (χ1n) is 6.64. The molecule has 1 saturated heterocycles. The third kappa shape index (κ3) is 2.86. The van der Waals surface area contributed by atoms with Crippen molar-refractivity contribution < 1.29 is 17.2 Å². The molecular weight excluding hydrogens is 297 g/mol. The standard InChI is InChI=1S/C13H16FN3O3S/c1-8-5-17(6-9(8)7-21(15,18)19)13-16-12-10(14)3-2-4-11(12)20-13/h2-4,8-9H,5-7H2,1H3,(H2,15,18,19)/t8-,9+/m1/s1. The molecule has 2 heterocycles. The maximum Gasteiger partial charge on any atom is 0.298 e. The Labute approximate surface area is 121 Å². The molecule has 3 rings (SSSR count). The van der Waals surface area contributed by atoms with E-state index in [1.165, 1.54) is 6.07 Å². The van der Waals surface area contributed by atoms with Crippen molar-refractivity contribution in [1.82, 2.24) is 4.98 Å². The van der Waals surface area contributed by atoms with Gasteiger partial charge in [0.1, 0.15) is 5.52 Å². The number of anilines is 1. The molecule has 0 radical (unpaired) electrons. The second kappa shape index (κ2) is 4.96. The molecule has 0 spiro atoms. The van der Waals surface area contributed by atoms with Crippen LogP contribution in [0.1, 0.15) is 6.92 Å². The topological polar surface area (TPSA) is 89.4 Å². The fraction of sp³-hybridized carbons (Fsp3) is 0.462. The van der Waals surface area contributed by atoms with Crippen molar-refractivity contribution in [2.45, 2.75) is 6.92 Å². The minimum absolute atomic E-state index is 0.0702. The van der Waals surface area contributed by atoms with E-state index >= 15 is 0 Å². The SMILES string of the molecule is C[C@@H]1CN(c2nc3c(F)cccc3o2)C[C@H]1CS(N)(=O)=O. The molecule has 2 atom stereocenters. The Morgan fingerprint density at radius 1 is 1.48 bits per heavy atom. The first-order chi connectivity index (χ1) is 9.83. The Bertz CT molecular complexity index is 774. The van der Waals surface area contributed by atoms with Crippen LogP contribution in [0.25, 0.3) is 11.1 Å². The van der Waals surface area contributed by atoms with Crippen LogP contribution in [0.15, 0.2) is 22.6 Å². The number of hydrogen-bond donors (Lipinski definition) is 1. The highest BCUT2D eigenvalue weighted by Crippen LogP contribution is 2.31. The van der Waals surface area contributed by atoms with Gasteiger partial charge in [-0.15, -0.1) is 0 Å². The van der Waals surface area contributed by atoms with Crippen molar-refractivity contribution in [2.75, 3.05) is 23.7 Å². The number of benzene rings is 1. The number of primary sulfonamides is 1. The average molecular weight is 313 g/mol. The lowest BCUT2D eigenvalue weighted by atomic mass is 10.0. The number of oxazole rings is 1. The highest BCUT2D eigenvalue weighted by Gasteiger charge is 2.34.